The summed E-state index contributed by atoms with van der Waals surface area (Å²) in [4.78, 5) is 2.94. The van der Waals surface area contributed by atoms with Crippen LogP contribution in [-0.2, 0) is 23.1 Å². The number of aryl methyl sites for hydroxylation is 1. The number of nitrogens with zero attached hydrogens (tertiary/aromatic N) is 1. The zero-order valence-corrected chi connectivity index (χ0v) is 21.9. The summed E-state index contributed by atoms with van der Waals surface area (Å²) in [5.74, 6) is 2.63. The van der Waals surface area contributed by atoms with Gasteiger partial charge in [-0.3, -0.25) is 4.90 Å². The number of likely N-dealkylation sites (tertiary alicyclic amines) is 1. The molecule has 36 heavy (non-hydrogen) atoms. The van der Waals surface area contributed by atoms with E-state index in [0.717, 1.165) is 25.4 Å². The Morgan fingerprint density at radius 1 is 1.08 bits per heavy atom. The van der Waals surface area contributed by atoms with Crippen molar-refractivity contribution in [1.82, 2.24) is 10.2 Å². The first-order chi connectivity index (χ1) is 17.6. The van der Waals surface area contributed by atoms with Gasteiger partial charge >= 0.3 is 0 Å². The van der Waals surface area contributed by atoms with Crippen molar-refractivity contribution in [3.8, 4) is 5.75 Å². The first-order valence-electron chi connectivity index (χ1n) is 14.4. The fourth-order valence-corrected chi connectivity index (χ4v) is 9.92. The lowest BCUT2D eigenvalue weighted by Gasteiger charge is -2.74. The monoisotopic (exact) mass is 484 g/mol. The van der Waals surface area contributed by atoms with E-state index in [9.17, 15) is 0 Å². The standard InChI is InChI=1S/C32H40N2O2/c1-21-8-11-24-16-26-30-12-13-32(35-2,25(17-30)19-33-18-22-6-4-3-5-7-22)29-31(30,27(24)28(21)36-29)14-15-34(26)20-23-9-10-23/h3-8,11,23,25-26,29,33H,9-10,12-20H2,1-2H3/t25?,26-,29-,30-,31+,32?/m1/s1. The van der Waals surface area contributed by atoms with Crippen molar-refractivity contribution in [2.75, 3.05) is 26.7 Å². The fraction of sp³-hybridized carbons (Fsp3) is 0.625. The molecular formula is C32H40N2O2. The molecule has 5 fully saturated rings. The molecule has 0 radical (unpaired) electrons. The average molecular weight is 485 g/mol. The number of ether oxygens (including phenoxy) is 2. The molecule has 9 rings (SSSR count). The summed E-state index contributed by atoms with van der Waals surface area (Å²) in [7, 11) is 1.97. The van der Waals surface area contributed by atoms with E-state index in [1.807, 2.05) is 7.11 Å². The van der Waals surface area contributed by atoms with Gasteiger partial charge in [-0.25, -0.2) is 0 Å². The van der Waals surface area contributed by atoms with Crippen LogP contribution in [0.1, 0.15) is 60.8 Å². The molecule has 2 heterocycles. The molecule has 2 aromatic carbocycles. The van der Waals surface area contributed by atoms with Gasteiger partial charge in [0.1, 0.15) is 17.5 Å². The second kappa shape index (κ2) is 7.58. The quantitative estimate of drug-likeness (QED) is 0.599. The Labute approximate surface area is 215 Å². The molecule has 5 aliphatic carbocycles. The molecule has 0 amide bonds. The van der Waals surface area contributed by atoms with Crippen LogP contribution in [0, 0.1) is 24.2 Å². The summed E-state index contributed by atoms with van der Waals surface area (Å²) in [5, 5.41) is 3.85. The molecule has 0 aromatic heterocycles. The number of nitrogens with one attached hydrogen (secondary N) is 1. The number of hydrogen-bond acceptors (Lipinski definition) is 4. The highest BCUT2D eigenvalue weighted by Gasteiger charge is 2.80. The van der Waals surface area contributed by atoms with Crippen LogP contribution >= 0.6 is 0 Å². The van der Waals surface area contributed by atoms with E-state index < -0.39 is 0 Å². The fourth-order valence-electron chi connectivity index (χ4n) is 9.92. The molecule has 6 atom stereocenters. The predicted octanol–water partition coefficient (Wildman–Crippen LogP) is 5.01. The minimum atomic E-state index is -0.214. The summed E-state index contributed by atoms with van der Waals surface area (Å²) in [6, 6.07) is 16.2. The Morgan fingerprint density at radius 2 is 1.94 bits per heavy atom. The van der Waals surface area contributed by atoms with Gasteiger partial charge in [0.05, 0.1) is 0 Å². The largest absolute Gasteiger partial charge is 0.486 e. The van der Waals surface area contributed by atoms with Crippen LogP contribution < -0.4 is 10.1 Å². The zero-order valence-electron chi connectivity index (χ0n) is 21.9. The minimum Gasteiger partial charge on any atom is -0.486 e. The molecule has 2 spiro atoms. The molecule has 4 saturated carbocycles. The van der Waals surface area contributed by atoms with E-state index in [4.69, 9.17) is 9.47 Å². The molecule has 2 aliphatic heterocycles. The Morgan fingerprint density at radius 3 is 2.75 bits per heavy atom. The molecule has 4 nitrogen and oxygen atoms in total. The maximum atomic E-state index is 7.18. The van der Waals surface area contributed by atoms with Gasteiger partial charge in [-0.2, -0.15) is 0 Å². The first-order valence-corrected chi connectivity index (χ1v) is 14.4. The molecule has 1 N–H and O–H groups in total. The molecule has 4 bridgehead atoms. The topological polar surface area (TPSA) is 33.7 Å². The first kappa shape index (κ1) is 22.1. The number of rotatable bonds is 7. The van der Waals surface area contributed by atoms with Crippen molar-refractivity contribution in [2.24, 2.45) is 17.3 Å². The Balaban J connectivity index is 1.22. The number of piperidine rings is 1. The number of fused-ring (bicyclic) bond motifs is 2. The summed E-state index contributed by atoms with van der Waals surface area (Å²) in [6.07, 6.45) is 9.13. The van der Waals surface area contributed by atoms with E-state index in [2.05, 4.69) is 59.6 Å². The normalized spacial score (nSPS) is 39.7. The number of methoxy groups -OCH3 is 1. The predicted molar refractivity (Wildman–Crippen MR) is 141 cm³/mol. The van der Waals surface area contributed by atoms with Gasteiger partial charge in [-0.1, -0.05) is 42.5 Å². The Kier molecular flexibility index (Phi) is 4.66. The maximum absolute atomic E-state index is 7.18. The second-order valence-corrected chi connectivity index (χ2v) is 13.0. The summed E-state index contributed by atoms with van der Waals surface area (Å²) in [5.41, 5.74) is 6.06. The van der Waals surface area contributed by atoms with Crippen LogP contribution in [0.25, 0.3) is 0 Å². The van der Waals surface area contributed by atoms with Crippen molar-refractivity contribution in [2.45, 2.75) is 81.6 Å². The highest BCUT2D eigenvalue weighted by molar-refractivity contribution is 5.61. The molecule has 4 heteroatoms. The second-order valence-electron chi connectivity index (χ2n) is 13.0. The third kappa shape index (κ3) is 2.66. The van der Waals surface area contributed by atoms with Gasteiger partial charge < -0.3 is 14.8 Å². The lowest BCUT2D eigenvalue weighted by atomic mass is 9.35. The Hall–Kier alpha value is -1.88. The number of hydrogen-bond donors (Lipinski definition) is 1. The summed E-state index contributed by atoms with van der Waals surface area (Å²) < 4.78 is 13.9. The molecule has 2 aromatic rings. The van der Waals surface area contributed by atoms with Crippen molar-refractivity contribution < 1.29 is 9.47 Å². The van der Waals surface area contributed by atoms with Crippen molar-refractivity contribution in [3.05, 3.63) is 64.7 Å². The van der Waals surface area contributed by atoms with Gasteiger partial charge in [0.25, 0.3) is 0 Å². The van der Waals surface area contributed by atoms with Crippen molar-refractivity contribution in [1.29, 1.82) is 0 Å². The van der Waals surface area contributed by atoms with E-state index in [1.54, 1.807) is 11.1 Å². The van der Waals surface area contributed by atoms with E-state index >= 15 is 0 Å². The van der Waals surface area contributed by atoms with E-state index in [1.165, 1.54) is 68.5 Å². The molecule has 7 aliphatic rings. The van der Waals surface area contributed by atoms with Gasteiger partial charge in [0, 0.05) is 55.1 Å². The van der Waals surface area contributed by atoms with Crippen LogP contribution in [0.2, 0.25) is 0 Å². The summed E-state index contributed by atoms with van der Waals surface area (Å²) in [6.45, 7) is 6.71. The SMILES string of the molecule is COC12CC[C@@]3(CC1CNCc1ccccc1)[C@H]1Cc4ccc(C)c5c4[C@@]3(CCN1CC1CC1)[C@H]2O5. The molecular weight excluding hydrogens is 444 g/mol. The number of benzene rings is 2. The Bertz CT molecular complexity index is 1190. The highest BCUT2D eigenvalue weighted by atomic mass is 16.6. The summed E-state index contributed by atoms with van der Waals surface area (Å²) >= 11 is 0. The maximum Gasteiger partial charge on any atom is 0.138 e. The third-order valence-corrected chi connectivity index (χ3v) is 11.6. The molecule has 1 saturated heterocycles. The third-order valence-electron chi connectivity index (χ3n) is 11.6. The van der Waals surface area contributed by atoms with Gasteiger partial charge in [0.2, 0.25) is 0 Å². The zero-order chi connectivity index (χ0) is 24.1. The highest BCUT2D eigenvalue weighted by Crippen LogP contribution is 2.76. The van der Waals surface area contributed by atoms with E-state index in [0.29, 0.717) is 17.4 Å². The minimum absolute atomic E-state index is 0.122. The van der Waals surface area contributed by atoms with Crippen LogP contribution in [0.5, 0.6) is 5.75 Å². The van der Waals surface area contributed by atoms with Gasteiger partial charge in [0.15, 0.2) is 0 Å². The smallest absolute Gasteiger partial charge is 0.138 e. The molecule has 2 unspecified atom stereocenters. The van der Waals surface area contributed by atoms with Gasteiger partial charge in [-0.05, 0) is 81.0 Å². The lowest BCUT2D eigenvalue weighted by Crippen LogP contribution is -2.81. The van der Waals surface area contributed by atoms with Crippen molar-refractivity contribution in [3.63, 3.8) is 0 Å². The van der Waals surface area contributed by atoms with Crippen LogP contribution in [-0.4, -0.2) is 49.4 Å². The van der Waals surface area contributed by atoms with Crippen LogP contribution in [0.4, 0.5) is 0 Å². The average Bonchev–Trinajstić information content (AvgIpc) is 3.64. The van der Waals surface area contributed by atoms with E-state index in [-0.39, 0.29) is 17.1 Å². The molecule has 190 valence electrons. The van der Waals surface area contributed by atoms with Crippen LogP contribution in [0.15, 0.2) is 42.5 Å². The van der Waals surface area contributed by atoms with Gasteiger partial charge in [-0.15, -0.1) is 0 Å². The lowest BCUT2D eigenvalue weighted by molar-refractivity contribution is -0.276. The van der Waals surface area contributed by atoms with Crippen molar-refractivity contribution >= 4 is 0 Å². The van der Waals surface area contributed by atoms with Crippen LogP contribution in [0.3, 0.4) is 0 Å².